The van der Waals surface area contributed by atoms with Crippen LogP contribution in [0.3, 0.4) is 0 Å². The van der Waals surface area contributed by atoms with Gasteiger partial charge in [-0.3, -0.25) is 0 Å². The Hall–Kier alpha value is -2.59. The van der Waals surface area contributed by atoms with Crippen LogP contribution >= 0.6 is 0 Å². The number of rotatable bonds is 3. The molecular weight excluding hydrogens is 238 g/mol. The summed E-state index contributed by atoms with van der Waals surface area (Å²) < 4.78 is 5.77. The second-order valence-electron chi connectivity index (χ2n) is 4.11. The van der Waals surface area contributed by atoms with Gasteiger partial charge >= 0.3 is 0 Å². The molecule has 0 saturated carbocycles. The standard InChI is InChI=1S/C15H13N3O/c16-18-15-9-6-11-10-13(7-8-14(11)17-15)19-12-4-2-1-3-5-12/h1-10H,16H2,(H,17,18). The topological polar surface area (TPSA) is 60.2 Å². The Labute approximate surface area is 110 Å². The summed E-state index contributed by atoms with van der Waals surface area (Å²) in [5, 5.41) is 1.01. The number of hydrogen-bond acceptors (Lipinski definition) is 4. The van der Waals surface area contributed by atoms with Crippen LogP contribution in [0.25, 0.3) is 10.9 Å². The Morgan fingerprint density at radius 3 is 2.53 bits per heavy atom. The van der Waals surface area contributed by atoms with E-state index < -0.39 is 0 Å². The summed E-state index contributed by atoms with van der Waals surface area (Å²) in [5.74, 6) is 7.58. The summed E-state index contributed by atoms with van der Waals surface area (Å²) in [5.41, 5.74) is 3.40. The number of nitrogen functional groups attached to an aromatic ring is 1. The first-order valence-electron chi connectivity index (χ1n) is 5.95. The van der Waals surface area contributed by atoms with Gasteiger partial charge < -0.3 is 10.2 Å². The Balaban J connectivity index is 1.94. The fraction of sp³-hybridized carbons (Fsp3) is 0. The lowest BCUT2D eigenvalue weighted by Crippen LogP contribution is -2.08. The second kappa shape index (κ2) is 4.96. The Kier molecular flexibility index (Phi) is 3.00. The zero-order valence-corrected chi connectivity index (χ0v) is 10.2. The van der Waals surface area contributed by atoms with Crippen LogP contribution in [0.1, 0.15) is 0 Å². The van der Waals surface area contributed by atoms with E-state index in [1.807, 2.05) is 60.7 Å². The Morgan fingerprint density at radius 1 is 0.895 bits per heavy atom. The molecule has 0 fully saturated rings. The number of hydrogen-bond donors (Lipinski definition) is 2. The van der Waals surface area contributed by atoms with Crippen LogP contribution in [-0.4, -0.2) is 4.98 Å². The highest BCUT2D eigenvalue weighted by Gasteiger charge is 2.01. The zero-order chi connectivity index (χ0) is 13.1. The molecule has 0 radical (unpaired) electrons. The first-order chi connectivity index (χ1) is 9.35. The average molecular weight is 251 g/mol. The number of fused-ring (bicyclic) bond motifs is 1. The van der Waals surface area contributed by atoms with Gasteiger partial charge in [-0.1, -0.05) is 18.2 Å². The highest BCUT2D eigenvalue weighted by atomic mass is 16.5. The molecule has 0 unspecified atom stereocenters. The van der Waals surface area contributed by atoms with Crippen molar-refractivity contribution in [3.05, 3.63) is 60.7 Å². The molecule has 3 N–H and O–H groups in total. The lowest BCUT2D eigenvalue weighted by Gasteiger charge is -2.07. The molecule has 1 aromatic heterocycles. The number of benzene rings is 2. The van der Waals surface area contributed by atoms with E-state index in [2.05, 4.69) is 10.4 Å². The molecule has 0 spiro atoms. The van der Waals surface area contributed by atoms with Gasteiger partial charge in [0.2, 0.25) is 0 Å². The molecule has 0 aliphatic heterocycles. The number of aromatic nitrogens is 1. The van der Waals surface area contributed by atoms with Gasteiger partial charge in [0.1, 0.15) is 17.3 Å². The van der Waals surface area contributed by atoms with Crippen molar-refractivity contribution in [1.29, 1.82) is 0 Å². The highest BCUT2D eigenvalue weighted by molar-refractivity contribution is 5.81. The molecule has 4 heteroatoms. The molecule has 4 nitrogen and oxygen atoms in total. The van der Waals surface area contributed by atoms with E-state index in [9.17, 15) is 0 Å². The van der Waals surface area contributed by atoms with Crippen molar-refractivity contribution in [1.82, 2.24) is 4.98 Å². The van der Waals surface area contributed by atoms with Crippen molar-refractivity contribution in [2.24, 2.45) is 5.84 Å². The predicted octanol–water partition coefficient (Wildman–Crippen LogP) is 3.31. The number of ether oxygens (including phenoxy) is 1. The van der Waals surface area contributed by atoms with Crippen LogP contribution < -0.4 is 16.0 Å². The third-order valence-electron chi connectivity index (χ3n) is 2.79. The maximum absolute atomic E-state index is 5.77. The molecule has 0 amide bonds. The van der Waals surface area contributed by atoms with Crippen LogP contribution in [0.4, 0.5) is 5.82 Å². The number of nitrogens with one attached hydrogen (secondary N) is 1. The number of nitrogens with two attached hydrogens (primary N) is 1. The lowest BCUT2D eigenvalue weighted by molar-refractivity contribution is 0.483. The normalized spacial score (nSPS) is 10.4. The minimum Gasteiger partial charge on any atom is -0.457 e. The van der Waals surface area contributed by atoms with Crippen LogP contribution in [0, 0.1) is 0 Å². The van der Waals surface area contributed by atoms with Crippen molar-refractivity contribution in [2.75, 3.05) is 5.43 Å². The third-order valence-corrected chi connectivity index (χ3v) is 2.79. The molecule has 3 rings (SSSR count). The molecule has 0 aliphatic rings. The molecule has 19 heavy (non-hydrogen) atoms. The molecular formula is C15H13N3O. The lowest BCUT2D eigenvalue weighted by atomic mass is 10.2. The van der Waals surface area contributed by atoms with Crippen LogP contribution in [0.15, 0.2) is 60.7 Å². The van der Waals surface area contributed by atoms with E-state index in [-0.39, 0.29) is 0 Å². The van der Waals surface area contributed by atoms with Crippen LogP contribution in [0.5, 0.6) is 11.5 Å². The van der Waals surface area contributed by atoms with Gasteiger partial charge in [-0.2, -0.15) is 0 Å². The van der Waals surface area contributed by atoms with Gasteiger partial charge in [0.05, 0.1) is 5.52 Å². The van der Waals surface area contributed by atoms with Crippen molar-refractivity contribution >= 4 is 16.7 Å². The van der Waals surface area contributed by atoms with E-state index in [1.165, 1.54) is 0 Å². The largest absolute Gasteiger partial charge is 0.457 e. The SMILES string of the molecule is NNc1ccc2cc(Oc3ccccc3)ccc2n1. The highest BCUT2D eigenvalue weighted by Crippen LogP contribution is 2.25. The van der Waals surface area contributed by atoms with Crippen LogP contribution in [0.2, 0.25) is 0 Å². The molecule has 0 aliphatic carbocycles. The quantitative estimate of drug-likeness (QED) is 0.554. The number of nitrogens with zero attached hydrogens (tertiary/aromatic N) is 1. The fourth-order valence-electron chi connectivity index (χ4n) is 1.87. The maximum atomic E-state index is 5.77. The monoisotopic (exact) mass is 251 g/mol. The Morgan fingerprint density at radius 2 is 1.74 bits per heavy atom. The number of para-hydroxylation sites is 1. The van der Waals surface area contributed by atoms with Crippen molar-refractivity contribution in [3.8, 4) is 11.5 Å². The summed E-state index contributed by atoms with van der Waals surface area (Å²) >= 11 is 0. The summed E-state index contributed by atoms with van der Waals surface area (Å²) in [6.07, 6.45) is 0. The number of anilines is 1. The van der Waals surface area contributed by atoms with E-state index in [1.54, 1.807) is 0 Å². The zero-order valence-electron chi connectivity index (χ0n) is 10.2. The molecule has 1 heterocycles. The van der Waals surface area contributed by atoms with E-state index in [0.717, 1.165) is 22.4 Å². The summed E-state index contributed by atoms with van der Waals surface area (Å²) in [6.45, 7) is 0. The Bertz CT molecular complexity index is 698. The van der Waals surface area contributed by atoms with Crippen molar-refractivity contribution in [3.63, 3.8) is 0 Å². The minimum atomic E-state index is 0.643. The first-order valence-corrected chi connectivity index (χ1v) is 5.95. The average Bonchev–Trinajstić information content (AvgIpc) is 2.48. The smallest absolute Gasteiger partial charge is 0.140 e. The van der Waals surface area contributed by atoms with Gasteiger partial charge in [-0.05, 0) is 42.5 Å². The van der Waals surface area contributed by atoms with E-state index in [4.69, 9.17) is 10.6 Å². The van der Waals surface area contributed by atoms with Crippen LogP contribution in [-0.2, 0) is 0 Å². The number of pyridine rings is 1. The van der Waals surface area contributed by atoms with Gasteiger partial charge in [0, 0.05) is 5.39 Å². The maximum Gasteiger partial charge on any atom is 0.140 e. The fourth-order valence-corrected chi connectivity index (χ4v) is 1.87. The molecule has 94 valence electrons. The molecule has 0 saturated heterocycles. The minimum absolute atomic E-state index is 0.643. The van der Waals surface area contributed by atoms with E-state index in [0.29, 0.717) is 5.82 Å². The van der Waals surface area contributed by atoms with Gasteiger partial charge in [0.25, 0.3) is 0 Å². The van der Waals surface area contributed by atoms with Gasteiger partial charge in [-0.25, -0.2) is 10.8 Å². The van der Waals surface area contributed by atoms with Gasteiger partial charge in [-0.15, -0.1) is 0 Å². The summed E-state index contributed by atoms with van der Waals surface area (Å²) in [7, 11) is 0. The number of hydrazine groups is 1. The summed E-state index contributed by atoms with van der Waals surface area (Å²) in [6, 6.07) is 19.2. The molecule has 3 aromatic rings. The predicted molar refractivity (Wildman–Crippen MR) is 76.1 cm³/mol. The molecule has 0 bridgehead atoms. The van der Waals surface area contributed by atoms with Gasteiger partial charge in [0.15, 0.2) is 0 Å². The molecule has 0 atom stereocenters. The second-order valence-corrected chi connectivity index (χ2v) is 4.11. The molecule has 2 aromatic carbocycles. The van der Waals surface area contributed by atoms with E-state index >= 15 is 0 Å². The van der Waals surface area contributed by atoms with Crippen molar-refractivity contribution < 1.29 is 4.74 Å². The van der Waals surface area contributed by atoms with Crippen molar-refractivity contribution in [2.45, 2.75) is 0 Å². The first kappa shape index (κ1) is 11.5. The summed E-state index contributed by atoms with van der Waals surface area (Å²) in [4.78, 5) is 4.35. The third kappa shape index (κ3) is 2.48.